The van der Waals surface area contributed by atoms with Crippen molar-refractivity contribution in [1.29, 1.82) is 0 Å². The van der Waals surface area contributed by atoms with Gasteiger partial charge in [0.2, 0.25) is 0 Å². The number of nitrogen functional groups attached to an aromatic ring is 1. The van der Waals surface area contributed by atoms with E-state index in [4.69, 9.17) is 11.5 Å². The lowest BCUT2D eigenvalue weighted by Gasteiger charge is -2.42. The molecule has 0 aromatic heterocycles. The Bertz CT molecular complexity index is 3460. The monoisotopic (exact) mass is 927 g/mol. The first kappa shape index (κ1) is 46.9. The molecule has 0 radical (unpaired) electrons. The summed E-state index contributed by atoms with van der Waals surface area (Å²) in [5.74, 6) is 0. The lowest BCUT2D eigenvalue weighted by molar-refractivity contribution is 0.419. The van der Waals surface area contributed by atoms with Gasteiger partial charge in [-0.05, 0) is 178 Å². The van der Waals surface area contributed by atoms with Crippen LogP contribution in [0.15, 0.2) is 205 Å². The van der Waals surface area contributed by atoms with Crippen LogP contribution in [0.2, 0.25) is 0 Å². The summed E-state index contributed by atoms with van der Waals surface area (Å²) < 4.78 is 0. The number of allylic oxidation sites excluding steroid dienone is 7. The van der Waals surface area contributed by atoms with Gasteiger partial charge in [-0.1, -0.05) is 167 Å². The van der Waals surface area contributed by atoms with E-state index in [9.17, 15) is 0 Å². The first-order valence-corrected chi connectivity index (χ1v) is 25.4. The van der Waals surface area contributed by atoms with Crippen LogP contribution in [0.4, 0.5) is 11.4 Å². The number of anilines is 2. The van der Waals surface area contributed by atoms with Crippen LogP contribution in [0, 0.1) is 0 Å². The molecule has 5 N–H and O–H groups in total. The van der Waals surface area contributed by atoms with Crippen LogP contribution in [0.3, 0.4) is 0 Å². The van der Waals surface area contributed by atoms with Gasteiger partial charge in [0.25, 0.3) is 0 Å². The lowest BCUT2D eigenvalue weighted by Crippen LogP contribution is -2.37. The molecule has 71 heavy (non-hydrogen) atoms. The van der Waals surface area contributed by atoms with Gasteiger partial charge in [0, 0.05) is 34.3 Å². The molecule has 0 spiro atoms. The van der Waals surface area contributed by atoms with Crippen molar-refractivity contribution in [3.63, 3.8) is 0 Å². The van der Waals surface area contributed by atoms with E-state index in [-0.39, 0.29) is 17.5 Å². The Hall–Kier alpha value is -7.82. The second kappa shape index (κ2) is 19.2. The third-order valence-electron chi connectivity index (χ3n) is 15.4. The van der Waals surface area contributed by atoms with Crippen molar-refractivity contribution in [2.24, 2.45) is 5.73 Å². The average molecular weight is 927 g/mol. The van der Waals surface area contributed by atoms with Gasteiger partial charge >= 0.3 is 0 Å². The van der Waals surface area contributed by atoms with Crippen molar-refractivity contribution in [3.8, 4) is 44.5 Å². The number of aryl methyl sites for hydroxylation is 1. The molecule has 0 bridgehead atoms. The minimum absolute atomic E-state index is 0.0173. The van der Waals surface area contributed by atoms with E-state index in [0.717, 1.165) is 52.8 Å². The van der Waals surface area contributed by atoms with E-state index < -0.39 is 0 Å². The predicted molar refractivity (Wildman–Crippen MR) is 306 cm³/mol. The van der Waals surface area contributed by atoms with Crippen LogP contribution >= 0.6 is 0 Å². The number of benzene rings is 7. The van der Waals surface area contributed by atoms with Gasteiger partial charge in [-0.25, -0.2) is 0 Å². The highest BCUT2D eigenvalue weighted by Crippen LogP contribution is 2.51. The Balaban J connectivity index is 0.919. The number of nitrogens with two attached hydrogens (primary N) is 2. The van der Waals surface area contributed by atoms with Crippen LogP contribution in [-0.2, 0) is 11.8 Å². The molecular formula is C67H66N4. The van der Waals surface area contributed by atoms with Crippen LogP contribution in [0.1, 0.15) is 101 Å². The maximum absolute atomic E-state index is 6.96. The predicted octanol–water partition coefficient (Wildman–Crippen LogP) is 17.1. The molecule has 2 aliphatic carbocycles. The highest BCUT2D eigenvalue weighted by Gasteiger charge is 2.38. The minimum Gasteiger partial charge on any atom is -0.403 e. The molecule has 7 aromatic carbocycles. The van der Waals surface area contributed by atoms with Crippen LogP contribution in [-0.4, -0.2) is 10.9 Å². The smallest absolute Gasteiger partial charge is 0.0661 e. The standard InChI is InChI=1S/C67H66N4/c1-9-20-54-52(11-3)43(6)71(63-31-16-15-29-58(54)63)64(41-68)51-33-35-57-56-34-32-50(39-61(56)67(7,8)62(57)40-51)49-27-19-26-48(38-49)47-25-18-24-46(37-47)45-23-17-22-44(36-45)42(5)70-66-60(21-10-2)53(12-4)55-28-13-14-30-59(55)65(66)69/h9-11,13-14,16-28,30-43,70H,3,12,15,29,68-69H2,1-2,4-8H3/b20-9-,21-10-,64-41-. The molecule has 1 aliphatic heterocycles. The Kier molecular flexibility index (Phi) is 12.7. The summed E-state index contributed by atoms with van der Waals surface area (Å²) in [5.41, 5.74) is 38.4. The fourth-order valence-corrected chi connectivity index (χ4v) is 11.8. The number of hydrogen-bond acceptors (Lipinski definition) is 4. The van der Waals surface area contributed by atoms with Crippen molar-refractivity contribution >= 4 is 33.9 Å². The molecule has 7 aromatic rings. The first-order chi connectivity index (χ1) is 34.5. The molecule has 2 unspecified atom stereocenters. The number of nitrogens with one attached hydrogen (secondary N) is 1. The van der Waals surface area contributed by atoms with Crippen LogP contribution in [0.5, 0.6) is 0 Å². The molecule has 4 heteroatoms. The second-order valence-corrected chi connectivity index (χ2v) is 19.9. The van der Waals surface area contributed by atoms with Crippen molar-refractivity contribution in [2.45, 2.75) is 85.2 Å². The maximum atomic E-state index is 6.96. The maximum Gasteiger partial charge on any atom is 0.0661 e. The molecule has 0 fully saturated rings. The highest BCUT2D eigenvalue weighted by molar-refractivity contribution is 6.05. The fraction of sp³-hybridized carbons (Fsp3) is 0.194. The van der Waals surface area contributed by atoms with E-state index in [0.29, 0.717) is 0 Å². The van der Waals surface area contributed by atoms with E-state index in [1.807, 2.05) is 6.08 Å². The highest BCUT2D eigenvalue weighted by atomic mass is 15.2. The summed E-state index contributed by atoms with van der Waals surface area (Å²) in [6.07, 6.45) is 20.0. The minimum atomic E-state index is -0.229. The average Bonchev–Trinajstić information content (AvgIpc) is 3.63. The SMILES string of the molecule is C=CC1=C(/C=C\C)C2=C(C=CCC2)N(/C(=C\N)c2ccc3c(c2)C(C)(C)c2cc(-c4cccc(-c5cccc(-c6cccc(C(C)Nc7c(/C=C\C)c(CC)c8ccccc8c7N)c6)c5)c4)ccc2-3)C1C. The second-order valence-electron chi connectivity index (χ2n) is 19.9. The molecule has 10 rings (SSSR count). The van der Waals surface area contributed by atoms with Gasteiger partial charge in [0.05, 0.1) is 23.1 Å². The van der Waals surface area contributed by atoms with Crippen LogP contribution in [0.25, 0.3) is 67.1 Å². The lowest BCUT2D eigenvalue weighted by atomic mass is 9.80. The molecule has 2 atom stereocenters. The van der Waals surface area contributed by atoms with Gasteiger partial charge in [-0.3, -0.25) is 0 Å². The van der Waals surface area contributed by atoms with E-state index in [2.05, 4.69) is 235 Å². The molecule has 4 nitrogen and oxygen atoms in total. The zero-order chi connectivity index (χ0) is 49.6. The van der Waals surface area contributed by atoms with Crippen molar-refractivity contribution in [2.75, 3.05) is 11.1 Å². The number of rotatable bonds is 12. The van der Waals surface area contributed by atoms with Crippen molar-refractivity contribution < 1.29 is 0 Å². The third kappa shape index (κ3) is 8.15. The Morgan fingerprint density at radius 1 is 0.761 bits per heavy atom. The molecule has 1 heterocycles. The summed E-state index contributed by atoms with van der Waals surface area (Å²) >= 11 is 0. The third-order valence-corrected chi connectivity index (χ3v) is 15.4. The summed E-state index contributed by atoms with van der Waals surface area (Å²) in [7, 11) is 0. The fourth-order valence-electron chi connectivity index (χ4n) is 11.8. The van der Waals surface area contributed by atoms with E-state index in [1.165, 1.54) is 94.6 Å². The number of hydrogen-bond donors (Lipinski definition) is 3. The number of nitrogens with zero attached hydrogens (tertiary/aromatic N) is 1. The normalized spacial score (nSPS) is 16.7. The quantitative estimate of drug-likeness (QED) is 0.107. The summed E-state index contributed by atoms with van der Waals surface area (Å²) in [6, 6.07) is 49.4. The van der Waals surface area contributed by atoms with E-state index >= 15 is 0 Å². The van der Waals surface area contributed by atoms with E-state index in [1.54, 1.807) is 6.20 Å². The van der Waals surface area contributed by atoms with Gasteiger partial charge in [-0.15, -0.1) is 0 Å². The Morgan fingerprint density at radius 2 is 1.37 bits per heavy atom. The summed E-state index contributed by atoms with van der Waals surface area (Å²) in [4.78, 5) is 2.43. The molecular weight excluding hydrogens is 861 g/mol. The Labute approximate surface area is 421 Å². The summed E-state index contributed by atoms with van der Waals surface area (Å²) in [6.45, 7) is 19.9. The molecule has 0 saturated carbocycles. The van der Waals surface area contributed by atoms with Crippen molar-refractivity contribution in [1.82, 2.24) is 4.90 Å². The zero-order valence-electron chi connectivity index (χ0n) is 42.4. The number of fused-ring (bicyclic) bond motifs is 4. The molecule has 0 amide bonds. The van der Waals surface area contributed by atoms with Gasteiger partial charge in [0.15, 0.2) is 0 Å². The first-order valence-electron chi connectivity index (χ1n) is 25.4. The molecule has 354 valence electrons. The molecule has 0 saturated heterocycles. The summed E-state index contributed by atoms with van der Waals surface area (Å²) in [5, 5.41) is 6.16. The van der Waals surface area contributed by atoms with Crippen molar-refractivity contribution in [3.05, 3.63) is 238 Å². The topological polar surface area (TPSA) is 67.3 Å². The van der Waals surface area contributed by atoms with Gasteiger partial charge in [-0.2, -0.15) is 0 Å². The van der Waals surface area contributed by atoms with Gasteiger partial charge in [0.1, 0.15) is 0 Å². The molecule has 3 aliphatic rings. The largest absolute Gasteiger partial charge is 0.403 e. The zero-order valence-corrected chi connectivity index (χ0v) is 42.4. The Morgan fingerprint density at radius 3 is 2.00 bits per heavy atom. The van der Waals surface area contributed by atoms with Gasteiger partial charge < -0.3 is 21.7 Å². The van der Waals surface area contributed by atoms with Crippen LogP contribution < -0.4 is 16.8 Å².